The monoisotopic (exact) mass is 809 g/mol. The van der Waals surface area contributed by atoms with Crippen LogP contribution in [0.25, 0.3) is 10.9 Å². The van der Waals surface area contributed by atoms with Crippen LogP contribution in [0, 0.1) is 17.8 Å². The van der Waals surface area contributed by atoms with Crippen LogP contribution in [0.5, 0.6) is 5.75 Å². The fraction of sp³-hybridized carbons (Fsp3) is 0.634. The van der Waals surface area contributed by atoms with Crippen LogP contribution in [-0.2, 0) is 35.6 Å². The minimum Gasteiger partial charge on any atom is -0.487 e. The molecule has 5 fully saturated rings. The van der Waals surface area contributed by atoms with Gasteiger partial charge in [0, 0.05) is 22.7 Å². The number of hydrogen-bond acceptors (Lipinski definition) is 9. The molecule has 2 aliphatic heterocycles. The lowest BCUT2D eigenvalue weighted by atomic mass is 9.96. The average Bonchev–Trinajstić information content (AvgIpc) is 3.96. The van der Waals surface area contributed by atoms with Crippen LogP contribution in [0.2, 0.25) is 5.02 Å². The zero-order valence-electron chi connectivity index (χ0n) is 31.7. The molecule has 56 heavy (non-hydrogen) atoms. The number of amides is 4. The first kappa shape index (κ1) is 38.9. The van der Waals surface area contributed by atoms with E-state index in [4.69, 9.17) is 26.1 Å². The highest BCUT2D eigenvalue weighted by Crippen LogP contribution is 2.46. The van der Waals surface area contributed by atoms with Gasteiger partial charge in [-0.05, 0) is 107 Å². The van der Waals surface area contributed by atoms with E-state index in [0.717, 1.165) is 87.2 Å². The number of benzene rings is 1. The lowest BCUT2D eigenvalue weighted by Gasteiger charge is -2.32. The molecule has 3 heterocycles. The van der Waals surface area contributed by atoms with Crippen molar-refractivity contribution in [2.24, 2.45) is 17.8 Å². The molecule has 4 aliphatic carbocycles. The van der Waals surface area contributed by atoms with Crippen molar-refractivity contribution in [1.82, 2.24) is 25.2 Å². The second-order valence-corrected chi connectivity index (χ2v) is 19.2. The summed E-state index contributed by atoms with van der Waals surface area (Å²) in [6.07, 6.45) is 11.7. The molecule has 6 aliphatic rings. The van der Waals surface area contributed by atoms with E-state index < -0.39 is 68.7 Å². The maximum absolute atomic E-state index is 14.9. The number of aryl methyl sites for hydroxylation is 1. The predicted octanol–water partition coefficient (Wildman–Crippen LogP) is 5.48. The summed E-state index contributed by atoms with van der Waals surface area (Å²) in [4.78, 5) is 63.0. The first-order valence-corrected chi connectivity index (χ1v) is 22.4. The van der Waals surface area contributed by atoms with Crippen LogP contribution >= 0.6 is 11.6 Å². The van der Waals surface area contributed by atoms with Gasteiger partial charge in [-0.2, -0.15) is 0 Å². The number of alkyl carbamates (subject to hydrolysis) is 1. The van der Waals surface area contributed by atoms with Gasteiger partial charge >= 0.3 is 6.09 Å². The van der Waals surface area contributed by atoms with Gasteiger partial charge in [0.15, 0.2) is 0 Å². The Morgan fingerprint density at radius 2 is 1.71 bits per heavy atom. The van der Waals surface area contributed by atoms with Crippen molar-refractivity contribution in [2.45, 2.75) is 138 Å². The Morgan fingerprint density at radius 1 is 0.964 bits per heavy atom. The van der Waals surface area contributed by atoms with Crippen molar-refractivity contribution < 1.29 is 37.1 Å². The number of ether oxygens (including phenoxy) is 2. The number of halogens is 1. The standard InChI is InChI=1S/C41H52ClN5O8S/c1-2-27-22-41(27,39(50)46-56(52,53)30-16-17-30)45-37(48)33-21-29-23-47(33)38(49)36(25-10-6-7-11-25)44-40(51)55-34-14-8-12-24(34)9-4-3-5-13-32-35(54-29)20-26-19-28(42)15-18-31(26)43-32/h2,15,18-20,24-25,27,29-30,33-34,36H,1,3-14,16-17,21-23H2,(H,44,51)(H,45,48)(H,46,50)/t24-,27+,29+,33-,34-,36?,41+/m0/s1. The van der Waals surface area contributed by atoms with E-state index in [1.807, 2.05) is 18.2 Å². The highest BCUT2D eigenvalue weighted by Gasteiger charge is 2.62. The van der Waals surface area contributed by atoms with E-state index in [9.17, 15) is 27.6 Å². The minimum absolute atomic E-state index is 0.0364. The van der Waals surface area contributed by atoms with E-state index in [0.29, 0.717) is 30.0 Å². The number of fused-ring (bicyclic) bond motifs is 5. The van der Waals surface area contributed by atoms with Crippen LogP contribution < -0.4 is 20.1 Å². The molecule has 2 aromatic rings. The van der Waals surface area contributed by atoms with E-state index in [2.05, 4.69) is 21.9 Å². The molecule has 8 rings (SSSR count). The molecule has 7 atom stereocenters. The van der Waals surface area contributed by atoms with Gasteiger partial charge in [0.05, 0.1) is 23.0 Å². The average molecular weight is 810 g/mol. The molecule has 1 aromatic carbocycles. The molecule has 1 saturated heterocycles. The Labute approximate surface area is 333 Å². The topological polar surface area (TPSA) is 173 Å². The number of nitrogens with zero attached hydrogens (tertiary/aromatic N) is 2. The largest absolute Gasteiger partial charge is 0.487 e. The smallest absolute Gasteiger partial charge is 0.408 e. The fourth-order valence-corrected chi connectivity index (χ4v) is 11.1. The first-order chi connectivity index (χ1) is 26.9. The van der Waals surface area contributed by atoms with Gasteiger partial charge in [-0.1, -0.05) is 43.4 Å². The first-order valence-electron chi connectivity index (χ1n) is 20.5. The Kier molecular flexibility index (Phi) is 11.0. The van der Waals surface area contributed by atoms with Crippen molar-refractivity contribution in [3.63, 3.8) is 0 Å². The second-order valence-electron chi connectivity index (χ2n) is 16.8. The number of hydrogen-bond donors (Lipinski definition) is 3. The number of carbonyl (C=O) groups is 4. The van der Waals surface area contributed by atoms with E-state index in [1.54, 1.807) is 6.07 Å². The van der Waals surface area contributed by atoms with Crippen molar-refractivity contribution in [3.05, 3.63) is 47.6 Å². The van der Waals surface area contributed by atoms with Crippen molar-refractivity contribution >= 4 is 56.3 Å². The van der Waals surface area contributed by atoms with Gasteiger partial charge in [-0.3, -0.25) is 19.1 Å². The predicted molar refractivity (Wildman–Crippen MR) is 209 cm³/mol. The summed E-state index contributed by atoms with van der Waals surface area (Å²) in [5.41, 5.74) is 0.0401. The Bertz CT molecular complexity index is 2000. The molecular weight excluding hydrogens is 758 g/mol. The molecule has 4 saturated carbocycles. The Morgan fingerprint density at radius 3 is 2.46 bits per heavy atom. The zero-order valence-corrected chi connectivity index (χ0v) is 33.3. The summed E-state index contributed by atoms with van der Waals surface area (Å²) in [6, 6.07) is 5.42. The third kappa shape index (κ3) is 8.10. The molecule has 3 N–H and O–H groups in total. The number of rotatable bonds is 7. The molecule has 1 aromatic heterocycles. The van der Waals surface area contributed by atoms with Gasteiger partial charge in [-0.25, -0.2) is 18.2 Å². The van der Waals surface area contributed by atoms with Crippen molar-refractivity contribution in [3.8, 4) is 5.75 Å². The van der Waals surface area contributed by atoms with Crippen LogP contribution in [0.1, 0.15) is 102 Å². The SMILES string of the molecule is C=C[C@@H]1C[C@]1(NC(=O)[C@@H]1C[C@@H]2CN1C(=O)C(C1CCCC1)NC(=O)O[C@H]1CCC[C@@H]1CCCCCc1nc3ccc(Cl)cc3cc1O2)C(=O)NS(=O)(=O)C1CC1. The summed E-state index contributed by atoms with van der Waals surface area (Å²) >= 11 is 6.37. The molecular formula is C41H52ClN5O8S. The Balaban J connectivity index is 1.12. The third-order valence-corrected chi connectivity index (χ3v) is 15.0. The third-order valence-electron chi connectivity index (χ3n) is 13.0. The molecule has 1 unspecified atom stereocenters. The lowest BCUT2D eigenvalue weighted by Crippen LogP contribution is -2.59. The number of aromatic nitrogens is 1. The van der Waals surface area contributed by atoms with Crippen LogP contribution in [-0.4, -0.2) is 83.7 Å². The van der Waals surface area contributed by atoms with E-state index >= 15 is 0 Å². The Hall–Kier alpha value is -3.91. The van der Waals surface area contributed by atoms with Gasteiger partial charge < -0.3 is 25.0 Å². The van der Waals surface area contributed by atoms with Crippen molar-refractivity contribution in [2.75, 3.05) is 6.54 Å². The highest BCUT2D eigenvalue weighted by atomic mass is 35.5. The van der Waals surface area contributed by atoms with Crippen LogP contribution in [0.3, 0.4) is 0 Å². The maximum Gasteiger partial charge on any atom is 0.408 e. The second kappa shape index (κ2) is 15.8. The molecule has 4 amide bonds. The van der Waals surface area contributed by atoms with E-state index in [-0.39, 0.29) is 37.3 Å². The van der Waals surface area contributed by atoms with Gasteiger partial charge in [0.1, 0.15) is 35.6 Å². The fourth-order valence-electron chi connectivity index (χ4n) is 9.54. The molecule has 15 heteroatoms. The summed E-state index contributed by atoms with van der Waals surface area (Å²) < 4.78 is 40.5. The van der Waals surface area contributed by atoms with Crippen LogP contribution in [0.4, 0.5) is 4.79 Å². The summed E-state index contributed by atoms with van der Waals surface area (Å²) in [6.45, 7) is 3.85. The van der Waals surface area contributed by atoms with Gasteiger partial charge in [0.2, 0.25) is 21.8 Å². The summed E-state index contributed by atoms with van der Waals surface area (Å²) in [5.74, 6) is -1.68. The maximum atomic E-state index is 14.9. The quantitative estimate of drug-likeness (QED) is 0.307. The van der Waals surface area contributed by atoms with Crippen molar-refractivity contribution in [1.29, 1.82) is 0 Å². The van der Waals surface area contributed by atoms with E-state index in [1.165, 1.54) is 11.0 Å². The molecule has 0 spiro atoms. The minimum atomic E-state index is -3.89. The number of carbonyl (C=O) groups excluding carboxylic acids is 4. The molecule has 0 radical (unpaired) electrons. The number of nitrogens with one attached hydrogen (secondary N) is 3. The van der Waals surface area contributed by atoms with Crippen LogP contribution in [0.15, 0.2) is 36.9 Å². The van der Waals surface area contributed by atoms with Gasteiger partial charge in [-0.15, -0.1) is 6.58 Å². The zero-order chi connectivity index (χ0) is 39.2. The summed E-state index contributed by atoms with van der Waals surface area (Å²) in [5, 5.41) is 6.55. The molecule has 2 bridgehead atoms. The number of sulfonamides is 1. The molecule has 13 nitrogen and oxygen atoms in total. The van der Waals surface area contributed by atoms with Gasteiger partial charge in [0.25, 0.3) is 5.91 Å². The summed E-state index contributed by atoms with van der Waals surface area (Å²) in [7, 11) is -3.89. The lowest BCUT2D eigenvalue weighted by molar-refractivity contribution is -0.142. The highest BCUT2D eigenvalue weighted by molar-refractivity contribution is 7.91. The molecule has 302 valence electrons. The number of pyridine rings is 1. The normalized spacial score (nSPS) is 31.6.